The molecule has 0 aromatic rings. The molecule has 0 N–H and O–H groups in total. The summed E-state index contributed by atoms with van der Waals surface area (Å²) in [6.07, 6.45) is 0.668. The van der Waals surface area contributed by atoms with Crippen LogP contribution in [0.25, 0.3) is 0 Å². The summed E-state index contributed by atoms with van der Waals surface area (Å²) in [7, 11) is 1.76. The van der Waals surface area contributed by atoms with E-state index in [4.69, 9.17) is 0 Å². The van der Waals surface area contributed by atoms with Gasteiger partial charge in [0.05, 0.1) is 0 Å². The van der Waals surface area contributed by atoms with Crippen molar-refractivity contribution in [2.75, 3.05) is 20.1 Å². The Morgan fingerprint density at radius 3 is 2.33 bits per heavy atom. The molecule has 1 aliphatic carbocycles. The fraction of sp³-hybridized carbons (Fsp3) is 1.00. The highest BCUT2D eigenvalue weighted by Gasteiger charge is 2.38. The molecule has 1 aliphatic rings. The van der Waals surface area contributed by atoms with Gasteiger partial charge >= 0.3 is 6.18 Å². The summed E-state index contributed by atoms with van der Waals surface area (Å²) >= 11 is 2.68. The Morgan fingerprint density at radius 2 is 1.87 bits per heavy atom. The molecule has 0 aromatic carbocycles. The largest absolute Gasteiger partial charge is 0.402 e. The van der Waals surface area contributed by atoms with Crippen molar-refractivity contribution in [3.63, 3.8) is 0 Å². The highest BCUT2D eigenvalue weighted by Crippen LogP contribution is 2.28. The first-order valence-corrected chi connectivity index (χ1v) is 6.20. The summed E-state index contributed by atoms with van der Waals surface area (Å²) in [6.45, 7) is 0.832. The summed E-state index contributed by atoms with van der Waals surface area (Å²) in [4.78, 5) is 0.375. The van der Waals surface area contributed by atoms with Gasteiger partial charge in [-0.3, -0.25) is 0 Å². The molecule has 0 aromatic heterocycles. The normalized spacial score (nSPS) is 21.2. The molecule has 1 unspecified atom stereocenters. The highest BCUT2D eigenvalue weighted by atomic mass is 79.9. The molecule has 1 fully saturated rings. The Kier molecular flexibility index (Phi) is 4.90. The first-order valence-electron chi connectivity index (χ1n) is 5.29. The molecule has 15 heavy (non-hydrogen) atoms. The van der Waals surface area contributed by atoms with Gasteiger partial charge in [0.1, 0.15) is 4.83 Å². The van der Waals surface area contributed by atoms with Crippen molar-refractivity contribution in [2.45, 2.75) is 36.7 Å². The van der Waals surface area contributed by atoms with E-state index in [-0.39, 0.29) is 6.54 Å². The van der Waals surface area contributed by atoms with Crippen molar-refractivity contribution in [2.24, 2.45) is 5.92 Å². The molecule has 0 saturated heterocycles. The number of alkyl halides is 4. The summed E-state index contributed by atoms with van der Waals surface area (Å²) in [6, 6.07) is 0. The summed E-state index contributed by atoms with van der Waals surface area (Å²) in [5, 5.41) is 0. The van der Waals surface area contributed by atoms with Gasteiger partial charge in [-0.15, -0.1) is 0 Å². The molecule has 1 nitrogen and oxygen atoms in total. The Morgan fingerprint density at radius 1 is 1.33 bits per heavy atom. The maximum atomic E-state index is 12.2. The third kappa shape index (κ3) is 4.72. The second-order valence-electron chi connectivity index (χ2n) is 4.38. The minimum absolute atomic E-state index is 0.0417. The van der Waals surface area contributed by atoms with E-state index in [0.717, 1.165) is 6.54 Å². The number of halogens is 4. The highest BCUT2D eigenvalue weighted by molar-refractivity contribution is 9.09. The molecule has 0 bridgehead atoms. The Bertz CT molecular complexity index is 190. The van der Waals surface area contributed by atoms with Crippen LogP contribution in [-0.4, -0.2) is 36.0 Å². The van der Waals surface area contributed by atoms with Gasteiger partial charge in [-0.2, -0.15) is 13.2 Å². The van der Waals surface area contributed by atoms with E-state index in [1.165, 1.54) is 25.7 Å². The van der Waals surface area contributed by atoms with Crippen LogP contribution in [0.5, 0.6) is 0 Å². The van der Waals surface area contributed by atoms with Crippen molar-refractivity contribution >= 4 is 15.9 Å². The van der Waals surface area contributed by atoms with Gasteiger partial charge in [0.25, 0.3) is 0 Å². The molecule has 0 amide bonds. The molecule has 0 spiro atoms. The van der Waals surface area contributed by atoms with Gasteiger partial charge in [0, 0.05) is 13.1 Å². The summed E-state index contributed by atoms with van der Waals surface area (Å²) < 4.78 is 36.7. The van der Waals surface area contributed by atoms with Gasteiger partial charge in [0.2, 0.25) is 0 Å². The SMILES string of the molecule is CN(CC1CCCC1)CC(Br)C(F)(F)F. The van der Waals surface area contributed by atoms with Crippen LogP contribution >= 0.6 is 15.9 Å². The lowest BCUT2D eigenvalue weighted by Gasteiger charge is -2.24. The first kappa shape index (κ1) is 13.3. The molecule has 5 heteroatoms. The topological polar surface area (TPSA) is 3.24 Å². The fourth-order valence-electron chi connectivity index (χ4n) is 2.09. The molecule has 1 saturated carbocycles. The fourth-order valence-corrected chi connectivity index (χ4v) is 2.58. The smallest absolute Gasteiger partial charge is 0.305 e. The van der Waals surface area contributed by atoms with E-state index < -0.39 is 11.0 Å². The minimum Gasteiger partial charge on any atom is -0.305 e. The minimum atomic E-state index is -4.13. The lowest BCUT2D eigenvalue weighted by molar-refractivity contribution is -0.130. The van der Waals surface area contributed by atoms with Crippen molar-refractivity contribution in [1.82, 2.24) is 4.90 Å². The quantitative estimate of drug-likeness (QED) is 0.716. The zero-order valence-electron chi connectivity index (χ0n) is 8.86. The van der Waals surface area contributed by atoms with Gasteiger partial charge in [-0.1, -0.05) is 28.8 Å². The monoisotopic (exact) mass is 287 g/mol. The molecule has 0 radical (unpaired) electrons. The Hall–Kier alpha value is 0.230. The lowest BCUT2D eigenvalue weighted by atomic mass is 10.1. The van der Waals surface area contributed by atoms with E-state index in [0.29, 0.717) is 5.92 Å². The standard InChI is InChI=1S/C10H17BrF3N/c1-15(6-8-4-2-3-5-8)7-9(11)10(12,13)14/h8-9H,2-7H2,1H3. The maximum Gasteiger partial charge on any atom is 0.402 e. The van der Waals surface area contributed by atoms with E-state index in [2.05, 4.69) is 15.9 Å². The number of hydrogen-bond acceptors (Lipinski definition) is 1. The number of nitrogens with zero attached hydrogens (tertiary/aromatic N) is 1. The zero-order valence-corrected chi connectivity index (χ0v) is 10.4. The van der Waals surface area contributed by atoms with Crippen molar-refractivity contribution < 1.29 is 13.2 Å². The second-order valence-corrected chi connectivity index (χ2v) is 5.49. The van der Waals surface area contributed by atoms with Gasteiger partial charge in [0.15, 0.2) is 0 Å². The van der Waals surface area contributed by atoms with Crippen LogP contribution in [0.1, 0.15) is 25.7 Å². The molecular weight excluding hydrogens is 271 g/mol. The summed E-state index contributed by atoms with van der Waals surface area (Å²) in [5.74, 6) is 0.600. The molecule has 90 valence electrons. The third-order valence-corrected chi connectivity index (χ3v) is 3.68. The molecule has 1 rings (SSSR count). The van der Waals surface area contributed by atoms with Crippen LogP contribution in [0.4, 0.5) is 13.2 Å². The van der Waals surface area contributed by atoms with Crippen LogP contribution < -0.4 is 0 Å². The average molecular weight is 288 g/mol. The number of rotatable bonds is 4. The van der Waals surface area contributed by atoms with Crippen molar-refractivity contribution in [3.05, 3.63) is 0 Å². The molecule has 0 aliphatic heterocycles. The van der Waals surface area contributed by atoms with Gasteiger partial charge in [-0.05, 0) is 25.8 Å². The molecule has 1 atom stereocenters. The van der Waals surface area contributed by atoms with Crippen LogP contribution in [0, 0.1) is 5.92 Å². The van der Waals surface area contributed by atoms with Crippen LogP contribution in [-0.2, 0) is 0 Å². The third-order valence-electron chi connectivity index (χ3n) is 2.87. The van der Waals surface area contributed by atoms with Crippen LogP contribution in [0.2, 0.25) is 0 Å². The predicted octanol–water partition coefficient (Wildman–Crippen LogP) is 3.43. The molecular formula is C10H17BrF3N. The van der Waals surface area contributed by atoms with E-state index in [1.807, 2.05) is 0 Å². The van der Waals surface area contributed by atoms with Crippen molar-refractivity contribution in [3.8, 4) is 0 Å². The number of hydrogen-bond donors (Lipinski definition) is 0. The lowest BCUT2D eigenvalue weighted by Crippen LogP contribution is -2.37. The van der Waals surface area contributed by atoms with Crippen molar-refractivity contribution in [1.29, 1.82) is 0 Å². The maximum absolute atomic E-state index is 12.2. The first-order chi connectivity index (χ1) is 6.89. The Labute approximate surface area is 97.1 Å². The van der Waals surface area contributed by atoms with E-state index in [9.17, 15) is 13.2 Å². The van der Waals surface area contributed by atoms with Gasteiger partial charge < -0.3 is 4.90 Å². The molecule has 0 heterocycles. The second kappa shape index (κ2) is 5.53. The van der Waals surface area contributed by atoms with E-state index >= 15 is 0 Å². The Balaban J connectivity index is 2.25. The van der Waals surface area contributed by atoms with Crippen LogP contribution in [0.15, 0.2) is 0 Å². The van der Waals surface area contributed by atoms with Gasteiger partial charge in [-0.25, -0.2) is 0 Å². The van der Waals surface area contributed by atoms with E-state index in [1.54, 1.807) is 11.9 Å². The summed E-state index contributed by atoms with van der Waals surface area (Å²) in [5.41, 5.74) is 0. The zero-order chi connectivity index (χ0) is 11.5. The van der Waals surface area contributed by atoms with Crippen LogP contribution in [0.3, 0.4) is 0 Å². The predicted molar refractivity (Wildman–Crippen MR) is 58.2 cm³/mol. The average Bonchev–Trinajstić information content (AvgIpc) is 2.54.